The van der Waals surface area contributed by atoms with Crippen molar-refractivity contribution in [3.63, 3.8) is 0 Å². The predicted octanol–water partition coefficient (Wildman–Crippen LogP) is 1.46. The van der Waals surface area contributed by atoms with Crippen LogP contribution in [0.3, 0.4) is 0 Å². The molecule has 0 bridgehead atoms. The SMILES string of the molecule is CCC(CC(C)C(=O)OC)n1cc[n+](C)c1. The molecular weight excluding hydrogens is 204 g/mol. The van der Waals surface area contributed by atoms with E-state index in [1.54, 1.807) is 0 Å². The Morgan fingerprint density at radius 1 is 1.56 bits per heavy atom. The van der Waals surface area contributed by atoms with E-state index in [0.29, 0.717) is 6.04 Å². The molecule has 0 aliphatic rings. The highest BCUT2D eigenvalue weighted by Gasteiger charge is 2.22. The van der Waals surface area contributed by atoms with Gasteiger partial charge in [0.05, 0.1) is 20.1 Å². The molecule has 0 N–H and O–H groups in total. The standard InChI is InChI=1S/C12H21N2O2/c1-5-11(8-10(2)12(15)16-4)14-7-6-13(3)9-14/h6-7,9-11H,5,8H2,1-4H3/q+1. The lowest BCUT2D eigenvalue weighted by atomic mass is 10.00. The first-order valence-corrected chi connectivity index (χ1v) is 5.69. The molecule has 0 aliphatic carbocycles. The summed E-state index contributed by atoms with van der Waals surface area (Å²) in [5.41, 5.74) is 0. The van der Waals surface area contributed by atoms with Gasteiger partial charge in [-0.25, -0.2) is 9.13 Å². The number of hydrogen-bond acceptors (Lipinski definition) is 2. The quantitative estimate of drug-likeness (QED) is 0.562. The molecule has 90 valence electrons. The second-order valence-corrected chi connectivity index (χ2v) is 4.25. The Morgan fingerprint density at radius 3 is 2.69 bits per heavy atom. The summed E-state index contributed by atoms with van der Waals surface area (Å²) >= 11 is 0. The minimum Gasteiger partial charge on any atom is -0.469 e. The Bertz CT molecular complexity index is 347. The normalized spacial score (nSPS) is 14.5. The van der Waals surface area contributed by atoms with Crippen LogP contribution in [-0.4, -0.2) is 17.6 Å². The van der Waals surface area contributed by atoms with Gasteiger partial charge in [-0.2, -0.15) is 0 Å². The Morgan fingerprint density at radius 2 is 2.25 bits per heavy atom. The predicted molar refractivity (Wildman–Crippen MR) is 60.7 cm³/mol. The molecule has 4 heteroatoms. The molecule has 0 aliphatic heterocycles. The number of carbonyl (C=O) groups excluding carboxylic acids is 1. The molecule has 2 atom stereocenters. The number of methoxy groups -OCH3 is 1. The van der Waals surface area contributed by atoms with Gasteiger partial charge in [-0.3, -0.25) is 4.79 Å². The third kappa shape index (κ3) is 3.08. The van der Waals surface area contributed by atoms with Crippen molar-refractivity contribution in [3.8, 4) is 0 Å². The average Bonchev–Trinajstić information content (AvgIpc) is 2.71. The molecule has 0 aromatic carbocycles. The van der Waals surface area contributed by atoms with Crippen molar-refractivity contribution in [2.24, 2.45) is 13.0 Å². The number of esters is 1. The highest BCUT2D eigenvalue weighted by Crippen LogP contribution is 2.21. The van der Waals surface area contributed by atoms with Crippen molar-refractivity contribution < 1.29 is 14.1 Å². The maximum absolute atomic E-state index is 11.4. The second kappa shape index (κ2) is 5.68. The van der Waals surface area contributed by atoms with E-state index in [2.05, 4.69) is 11.5 Å². The molecule has 4 nitrogen and oxygen atoms in total. The molecular formula is C12H21N2O2+. The van der Waals surface area contributed by atoms with Gasteiger partial charge in [0.25, 0.3) is 0 Å². The summed E-state index contributed by atoms with van der Waals surface area (Å²) in [6.07, 6.45) is 7.91. The van der Waals surface area contributed by atoms with Gasteiger partial charge in [-0.05, 0) is 6.42 Å². The monoisotopic (exact) mass is 225 g/mol. The fraction of sp³-hybridized carbons (Fsp3) is 0.667. The minimum absolute atomic E-state index is 0.0531. The van der Waals surface area contributed by atoms with Crippen LogP contribution in [0.4, 0.5) is 0 Å². The first-order chi connectivity index (χ1) is 7.58. The van der Waals surface area contributed by atoms with Crippen molar-refractivity contribution in [1.82, 2.24) is 4.57 Å². The lowest BCUT2D eigenvalue weighted by Gasteiger charge is -2.15. The average molecular weight is 225 g/mol. The number of imidazole rings is 1. The van der Waals surface area contributed by atoms with E-state index in [4.69, 9.17) is 4.74 Å². The number of nitrogens with zero attached hydrogens (tertiary/aromatic N) is 2. The summed E-state index contributed by atoms with van der Waals surface area (Å²) < 4.78 is 8.90. The van der Waals surface area contributed by atoms with Crippen molar-refractivity contribution in [2.45, 2.75) is 32.7 Å². The van der Waals surface area contributed by atoms with E-state index in [1.807, 2.05) is 37.3 Å². The number of rotatable bonds is 5. The van der Waals surface area contributed by atoms with Gasteiger partial charge in [-0.15, -0.1) is 0 Å². The topological polar surface area (TPSA) is 35.1 Å². The summed E-state index contributed by atoms with van der Waals surface area (Å²) in [5, 5.41) is 0. The fourth-order valence-corrected chi connectivity index (χ4v) is 1.89. The molecule has 0 radical (unpaired) electrons. The van der Waals surface area contributed by atoms with Gasteiger partial charge in [0, 0.05) is 6.42 Å². The van der Waals surface area contributed by atoms with E-state index >= 15 is 0 Å². The fourth-order valence-electron chi connectivity index (χ4n) is 1.89. The van der Waals surface area contributed by atoms with Crippen LogP contribution < -0.4 is 4.57 Å². The van der Waals surface area contributed by atoms with Crippen LogP contribution in [0.15, 0.2) is 18.7 Å². The lowest BCUT2D eigenvalue weighted by Crippen LogP contribution is -2.25. The number of aryl methyl sites for hydroxylation is 1. The Labute approximate surface area is 96.8 Å². The zero-order valence-electron chi connectivity index (χ0n) is 10.5. The summed E-state index contributed by atoms with van der Waals surface area (Å²) in [6, 6.07) is 0.357. The van der Waals surface area contributed by atoms with Gasteiger partial charge in [0.15, 0.2) is 0 Å². The Balaban J connectivity index is 2.65. The molecule has 2 unspecified atom stereocenters. The van der Waals surface area contributed by atoms with E-state index in [1.165, 1.54) is 7.11 Å². The van der Waals surface area contributed by atoms with E-state index in [-0.39, 0.29) is 11.9 Å². The van der Waals surface area contributed by atoms with E-state index in [9.17, 15) is 4.79 Å². The van der Waals surface area contributed by atoms with Crippen LogP contribution in [0, 0.1) is 5.92 Å². The molecule has 0 amide bonds. The zero-order valence-corrected chi connectivity index (χ0v) is 10.5. The van der Waals surface area contributed by atoms with Gasteiger partial charge >= 0.3 is 5.97 Å². The molecule has 1 aromatic rings. The molecule has 1 heterocycles. The van der Waals surface area contributed by atoms with E-state index < -0.39 is 0 Å². The first kappa shape index (κ1) is 12.7. The van der Waals surface area contributed by atoms with Crippen LogP contribution in [0.1, 0.15) is 32.7 Å². The second-order valence-electron chi connectivity index (χ2n) is 4.25. The number of aromatic nitrogens is 2. The first-order valence-electron chi connectivity index (χ1n) is 5.69. The van der Waals surface area contributed by atoms with Gasteiger partial charge in [-0.1, -0.05) is 13.8 Å². The lowest BCUT2D eigenvalue weighted by molar-refractivity contribution is -0.671. The molecule has 0 spiro atoms. The molecule has 0 saturated heterocycles. The summed E-state index contributed by atoms with van der Waals surface area (Å²) in [4.78, 5) is 11.4. The third-order valence-corrected chi connectivity index (χ3v) is 2.91. The highest BCUT2D eigenvalue weighted by atomic mass is 16.5. The molecule has 1 rings (SSSR count). The Kier molecular flexibility index (Phi) is 4.52. The molecule has 0 saturated carbocycles. The van der Waals surface area contributed by atoms with Crippen LogP contribution in [0.2, 0.25) is 0 Å². The maximum atomic E-state index is 11.4. The molecule has 1 aromatic heterocycles. The van der Waals surface area contributed by atoms with Crippen molar-refractivity contribution in [2.75, 3.05) is 7.11 Å². The number of carbonyl (C=O) groups is 1. The largest absolute Gasteiger partial charge is 0.469 e. The minimum atomic E-state index is -0.130. The summed E-state index contributed by atoms with van der Waals surface area (Å²) in [6.45, 7) is 4.05. The summed E-state index contributed by atoms with van der Waals surface area (Å²) in [5.74, 6) is -0.183. The zero-order chi connectivity index (χ0) is 12.1. The number of ether oxygens (including phenoxy) is 1. The third-order valence-electron chi connectivity index (χ3n) is 2.91. The van der Waals surface area contributed by atoms with Gasteiger partial charge in [0.1, 0.15) is 18.4 Å². The van der Waals surface area contributed by atoms with Crippen LogP contribution in [0.5, 0.6) is 0 Å². The van der Waals surface area contributed by atoms with E-state index in [0.717, 1.165) is 12.8 Å². The smallest absolute Gasteiger partial charge is 0.308 e. The molecule has 0 fully saturated rings. The van der Waals surface area contributed by atoms with Crippen LogP contribution in [-0.2, 0) is 16.6 Å². The maximum Gasteiger partial charge on any atom is 0.308 e. The highest BCUT2D eigenvalue weighted by molar-refractivity contribution is 5.71. The van der Waals surface area contributed by atoms with Crippen molar-refractivity contribution >= 4 is 5.97 Å². The Hall–Kier alpha value is -1.32. The number of hydrogen-bond donors (Lipinski definition) is 0. The van der Waals surface area contributed by atoms with Gasteiger partial charge in [0.2, 0.25) is 6.33 Å². The van der Waals surface area contributed by atoms with Crippen molar-refractivity contribution in [1.29, 1.82) is 0 Å². The van der Waals surface area contributed by atoms with Crippen molar-refractivity contribution in [3.05, 3.63) is 18.7 Å². The van der Waals surface area contributed by atoms with Crippen LogP contribution >= 0.6 is 0 Å². The molecule has 16 heavy (non-hydrogen) atoms. The summed E-state index contributed by atoms with van der Waals surface area (Å²) in [7, 11) is 3.43. The van der Waals surface area contributed by atoms with Gasteiger partial charge < -0.3 is 4.74 Å². The van der Waals surface area contributed by atoms with Crippen LogP contribution in [0.25, 0.3) is 0 Å².